The highest BCUT2D eigenvalue weighted by molar-refractivity contribution is 7.92. The molecule has 2 aromatic rings. The van der Waals surface area contributed by atoms with Gasteiger partial charge in [0.15, 0.2) is 0 Å². The Morgan fingerprint density at radius 3 is 2.44 bits per heavy atom. The molecule has 0 saturated carbocycles. The smallest absolute Gasteiger partial charge is 0.329 e. The normalized spacial score (nSPS) is 15.0. The van der Waals surface area contributed by atoms with Gasteiger partial charge >= 0.3 is 5.97 Å². The monoisotopic (exact) mass is 478 g/mol. The second kappa shape index (κ2) is 9.19. The van der Waals surface area contributed by atoms with Crippen molar-refractivity contribution in [3.63, 3.8) is 0 Å². The number of hydrogen-bond donors (Lipinski definition) is 0. The fourth-order valence-corrected chi connectivity index (χ4v) is 4.23. The summed E-state index contributed by atoms with van der Waals surface area (Å²) in [6.07, 6.45) is 1.19. The number of hydroxylamine groups is 2. The van der Waals surface area contributed by atoms with Crippen molar-refractivity contribution >= 4 is 39.5 Å². The van der Waals surface area contributed by atoms with Gasteiger partial charge in [-0.05, 0) is 30.3 Å². The van der Waals surface area contributed by atoms with Crippen molar-refractivity contribution in [2.24, 2.45) is 9.98 Å². The minimum absolute atomic E-state index is 0.114. The minimum atomic E-state index is -4.13. The van der Waals surface area contributed by atoms with Crippen LogP contribution in [-0.4, -0.2) is 51.1 Å². The standard InChI is InChI=1S/C21H20ClFN4O4S/c1-13(28)31-27(4)21(32(29,30)26(2)3)19-12-24-20(15-7-5-6-8-17(15)23)16-11-14(22)9-10-18(16)25-19/h5-12H,1-4H3/b21-19+. The van der Waals surface area contributed by atoms with Crippen molar-refractivity contribution in [1.82, 2.24) is 9.37 Å². The van der Waals surface area contributed by atoms with Crippen LogP contribution in [-0.2, 0) is 19.7 Å². The van der Waals surface area contributed by atoms with E-state index < -0.39 is 26.8 Å². The molecule has 0 atom stereocenters. The van der Waals surface area contributed by atoms with E-state index in [-0.39, 0.29) is 17.0 Å². The molecular weight excluding hydrogens is 459 g/mol. The molecule has 1 heterocycles. The highest BCUT2D eigenvalue weighted by Gasteiger charge is 2.30. The van der Waals surface area contributed by atoms with E-state index in [1.807, 2.05) is 0 Å². The number of aliphatic imine (C=N–C) groups is 1. The SMILES string of the molecule is CC(=O)ON(C)/C(=C1/C=NC(c2ccccc2F)=c2cc(Cl)ccc2=N1)S(=O)(=O)N(C)C. The van der Waals surface area contributed by atoms with E-state index in [4.69, 9.17) is 16.4 Å². The maximum Gasteiger partial charge on any atom is 0.329 e. The average molecular weight is 479 g/mol. The zero-order valence-corrected chi connectivity index (χ0v) is 19.3. The van der Waals surface area contributed by atoms with Crippen LogP contribution < -0.4 is 10.6 Å². The van der Waals surface area contributed by atoms with Crippen LogP contribution in [0.1, 0.15) is 12.5 Å². The van der Waals surface area contributed by atoms with Crippen LogP contribution in [0.25, 0.3) is 5.70 Å². The molecule has 8 nitrogen and oxygen atoms in total. The topological polar surface area (TPSA) is 91.6 Å². The average Bonchev–Trinajstić information content (AvgIpc) is 2.87. The number of fused-ring (bicyclic) bond motifs is 1. The molecule has 0 radical (unpaired) electrons. The van der Waals surface area contributed by atoms with Crippen LogP contribution in [0.15, 0.2) is 63.2 Å². The van der Waals surface area contributed by atoms with Gasteiger partial charge in [0.2, 0.25) is 5.03 Å². The molecule has 0 aromatic heterocycles. The number of hydrogen-bond acceptors (Lipinski definition) is 7. The van der Waals surface area contributed by atoms with Gasteiger partial charge in [-0.3, -0.25) is 9.79 Å². The third-order valence-electron chi connectivity index (χ3n) is 4.40. The molecule has 168 valence electrons. The number of carbonyl (C=O) groups excluding carboxylic acids is 1. The Bertz CT molecular complexity index is 1370. The maximum absolute atomic E-state index is 14.6. The Kier molecular flexibility index (Phi) is 6.77. The Morgan fingerprint density at radius 1 is 1.12 bits per heavy atom. The van der Waals surface area contributed by atoms with Crippen molar-refractivity contribution in [3.05, 3.63) is 80.2 Å². The molecule has 0 unspecified atom stereocenters. The van der Waals surface area contributed by atoms with Crippen LogP contribution >= 0.6 is 11.6 Å². The van der Waals surface area contributed by atoms with E-state index in [2.05, 4.69) is 9.98 Å². The molecule has 1 aliphatic heterocycles. The number of rotatable bonds is 5. The fourth-order valence-electron chi connectivity index (χ4n) is 2.98. The highest BCUT2D eigenvalue weighted by Crippen LogP contribution is 2.22. The van der Waals surface area contributed by atoms with E-state index in [9.17, 15) is 17.6 Å². The van der Waals surface area contributed by atoms with E-state index in [1.54, 1.807) is 36.4 Å². The van der Waals surface area contributed by atoms with Gasteiger partial charge in [0.1, 0.15) is 11.5 Å². The Balaban J connectivity index is 2.41. The molecular formula is C21H20ClFN4O4S. The second-order valence-corrected chi connectivity index (χ2v) is 9.42. The molecule has 32 heavy (non-hydrogen) atoms. The van der Waals surface area contributed by atoms with E-state index >= 15 is 0 Å². The summed E-state index contributed by atoms with van der Waals surface area (Å²) in [5.74, 6) is -1.24. The highest BCUT2D eigenvalue weighted by atomic mass is 35.5. The van der Waals surface area contributed by atoms with Crippen LogP contribution in [0.2, 0.25) is 5.02 Å². The summed E-state index contributed by atoms with van der Waals surface area (Å²) < 4.78 is 41.7. The molecule has 0 amide bonds. The number of sulfonamides is 1. The van der Waals surface area contributed by atoms with Gasteiger partial charge in [-0.25, -0.2) is 22.1 Å². The summed E-state index contributed by atoms with van der Waals surface area (Å²) >= 11 is 6.16. The van der Waals surface area contributed by atoms with Crippen LogP contribution in [0.4, 0.5) is 4.39 Å². The first-order chi connectivity index (χ1) is 15.0. The number of carbonyl (C=O) groups is 1. The number of halogens is 2. The Hall–Kier alpha value is -3.08. The first-order valence-electron chi connectivity index (χ1n) is 9.29. The first kappa shape index (κ1) is 23.6. The van der Waals surface area contributed by atoms with Gasteiger partial charge in [0.05, 0.1) is 17.3 Å². The lowest BCUT2D eigenvalue weighted by Gasteiger charge is -2.23. The maximum atomic E-state index is 14.6. The number of allylic oxidation sites excluding steroid dienone is 1. The summed E-state index contributed by atoms with van der Waals surface area (Å²) in [4.78, 5) is 25.3. The van der Waals surface area contributed by atoms with Crippen molar-refractivity contribution in [1.29, 1.82) is 0 Å². The molecule has 0 bridgehead atoms. The van der Waals surface area contributed by atoms with Gasteiger partial charge < -0.3 is 4.84 Å². The number of nitrogens with zero attached hydrogens (tertiary/aromatic N) is 4. The lowest BCUT2D eigenvalue weighted by Crippen LogP contribution is -2.35. The third kappa shape index (κ3) is 4.72. The molecule has 0 fully saturated rings. The molecule has 2 aromatic carbocycles. The fraction of sp³-hybridized carbons (Fsp3) is 0.190. The summed E-state index contributed by atoms with van der Waals surface area (Å²) in [6, 6.07) is 10.7. The van der Waals surface area contributed by atoms with Crippen molar-refractivity contribution in [3.8, 4) is 0 Å². The van der Waals surface area contributed by atoms with Crippen molar-refractivity contribution in [2.45, 2.75) is 6.92 Å². The minimum Gasteiger partial charge on any atom is -0.341 e. The summed E-state index contributed by atoms with van der Waals surface area (Å²) in [6.45, 7) is 1.14. The van der Waals surface area contributed by atoms with Crippen LogP contribution in [0, 0.1) is 5.82 Å². The van der Waals surface area contributed by atoms with Gasteiger partial charge in [0, 0.05) is 43.9 Å². The predicted molar refractivity (Wildman–Crippen MR) is 119 cm³/mol. The molecule has 3 rings (SSSR count). The quantitative estimate of drug-likeness (QED) is 0.611. The van der Waals surface area contributed by atoms with Crippen LogP contribution in [0.3, 0.4) is 0 Å². The lowest BCUT2D eigenvalue weighted by atomic mass is 10.1. The Morgan fingerprint density at radius 2 is 1.81 bits per heavy atom. The van der Waals surface area contributed by atoms with Gasteiger partial charge in [0.25, 0.3) is 10.0 Å². The molecule has 0 spiro atoms. The molecule has 0 aliphatic carbocycles. The van der Waals surface area contributed by atoms with Gasteiger partial charge in [-0.1, -0.05) is 23.7 Å². The zero-order chi connectivity index (χ0) is 23.6. The first-order valence-corrected chi connectivity index (χ1v) is 11.1. The largest absolute Gasteiger partial charge is 0.341 e. The van der Waals surface area contributed by atoms with E-state index in [0.717, 1.165) is 16.3 Å². The number of benzene rings is 2. The van der Waals surface area contributed by atoms with Crippen molar-refractivity contribution < 1.29 is 22.4 Å². The van der Waals surface area contributed by atoms with Crippen molar-refractivity contribution in [2.75, 3.05) is 21.1 Å². The van der Waals surface area contributed by atoms with E-state index in [1.165, 1.54) is 33.4 Å². The zero-order valence-electron chi connectivity index (χ0n) is 17.7. The lowest BCUT2D eigenvalue weighted by molar-refractivity contribution is -0.171. The molecule has 11 heteroatoms. The molecule has 0 N–H and O–H groups in total. The Labute approximate surface area is 189 Å². The van der Waals surface area contributed by atoms with Gasteiger partial charge in [-0.2, -0.15) is 5.06 Å². The van der Waals surface area contributed by atoms with E-state index in [0.29, 0.717) is 15.6 Å². The summed E-state index contributed by atoms with van der Waals surface area (Å²) in [5, 5.41) is 1.48. The summed E-state index contributed by atoms with van der Waals surface area (Å²) in [7, 11) is -0.208. The van der Waals surface area contributed by atoms with Gasteiger partial charge in [-0.15, -0.1) is 0 Å². The molecule has 1 aliphatic rings. The predicted octanol–water partition coefficient (Wildman–Crippen LogP) is 1.81. The third-order valence-corrected chi connectivity index (χ3v) is 6.55. The summed E-state index contributed by atoms with van der Waals surface area (Å²) in [5.41, 5.74) is 0.294. The second-order valence-electron chi connectivity index (χ2n) is 6.92. The van der Waals surface area contributed by atoms with Crippen LogP contribution in [0.5, 0.6) is 0 Å². The molecule has 0 saturated heterocycles.